The number of benzene rings is 3. The van der Waals surface area contributed by atoms with E-state index in [0.29, 0.717) is 23.2 Å². The molecule has 0 radical (unpaired) electrons. The van der Waals surface area contributed by atoms with Gasteiger partial charge in [0.25, 0.3) is 5.91 Å². The Morgan fingerprint density at radius 1 is 1.03 bits per heavy atom. The van der Waals surface area contributed by atoms with Gasteiger partial charge in [-0.1, -0.05) is 48.5 Å². The van der Waals surface area contributed by atoms with Crippen LogP contribution >= 0.6 is 0 Å². The largest absolute Gasteiger partial charge is 0.360 e. The molecule has 0 bridgehead atoms. The maximum Gasteiger partial charge on any atom is 0.253 e. The summed E-state index contributed by atoms with van der Waals surface area (Å²) in [6.45, 7) is 0.598. The van der Waals surface area contributed by atoms with Gasteiger partial charge in [-0.2, -0.15) is 5.26 Å². The van der Waals surface area contributed by atoms with Crippen molar-refractivity contribution in [3.63, 3.8) is 0 Å². The van der Waals surface area contributed by atoms with Gasteiger partial charge < -0.3 is 15.2 Å². The van der Waals surface area contributed by atoms with Crippen molar-refractivity contribution in [2.75, 3.05) is 20.6 Å². The normalized spacial score (nSPS) is 11.7. The predicted octanol–water partition coefficient (Wildman–Crippen LogP) is 4.50. The number of nitrogens with zero attached hydrogens (tertiary/aromatic N) is 2. The van der Waals surface area contributed by atoms with Crippen molar-refractivity contribution in [3.05, 3.63) is 107 Å². The summed E-state index contributed by atoms with van der Waals surface area (Å²) in [7, 11) is 3.43. The second-order valence-electron chi connectivity index (χ2n) is 8.38. The van der Waals surface area contributed by atoms with E-state index in [0.717, 1.165) is 28.5 Å². The van der Waals surface area contributed by atoms with Crippen LogP contribution in [0.3, 0.4) is 0 Å². The Hall–Kier alpha value is -4.21. The summed E-state index contributed by atoms with van der Waals surface area (Å²) in [6, 6.07) is 24.1. The number of carbonyl (C=O) groups is 2. The standard InChI is InChI=1S/C28H26N4O2/c1-32(2)28(34)22-12-13-23-24(18-31-25(23)16-22)27(33)26(21-6-4-3-5-7-21)30-15-14-19-8-10-20(17-29)11-9-19/h3-13,16,18,26,30-31H,14-15H2,1-2H3/t26-/m0/s1. The van der Waals surface area contributed by atoms with Crippen LogP contribution in [0.15, 0.2) is 79.0 Å². The number of aromatic amines is 1. The second-order valence-corrected chi connectivity index (χ2v) is 8.38. The van der Waals surface area contributed by atoms with Crippen LogP contribution in [0.25, 0.3) is 10.9 Å². The Balaban J connectivity index is 1.57. The van der Waals surface area contributed by atoms with Crippen molar-refractivity contribution >= 4 is 22.6 Å². The second kappa shape index (κ2) is 10.2. The molecule has 0 unspecified atom stereocenters. The molecule has 1 aromatic heterocycles. The van der Waals surface area contributed by atoms with Crippen LogP contribution in [0.1, 0.15) is 43.4 Å². The van der Waals surface area contributed by atoms with Crippen molar-refractivity contribution in [2.24, 2.45) is 0 Å². The van der Waals surface area contributed by atoms with Gasteiger partial charge in [-0.15, -0.1) is 0 Å². The van der Waals surface area contributed by atoms with Crippen LogP contribution in [0, 0.1) is 11.3 Å². The SMILES string of the molecule is CN(C)C(=O)c1ccc2c(C(=O)[C@@H](NCCc3ccc(C#N)cc3)c3ccccc3)c[nH]c2c1. The Morgan fingerprint density at radius 2 is 1.76 bits per heavy atom. The highest BCUT2D eigenvalue weighted by molar-refractivity contribution is 6.11. The molecule has 0 aliphatic rings. The van der Waals surface area contributed by atoms with E-state index >= 15 is 0 Å². The molecule has 4 rings (SSSR count). The van der Waals surface area contributed by atoms with E-state index in [2.05, 4.69) is 16.4 Å². The van der Waals surface area contributed by atoms with E-state index in [1.807, 2.05) is 48.5 Å². The summed E-state index contributed by atoms with van der Waals surface area (Å²) in [6.07, 6.45) is 2.45. The summed E-state index contributed by atoms with van der Waals surface area (Å²) in [5.41, 5.74) is 4.51. The molecule has 170 valence electrons. The van der Waals surface area contributed by atoms with Gasteiger partial charge in [-0.25, -0.2) is 0 Å². The topological polar surface area (TPSA) is 89.0 Å². The van der Waals surface area contributed by atoms with Gasteiger partial charge in [-0.05, 0) is 41.8 Å². The molecule has 0 saturated carbocycles. The zero-order valence-corrected chi connectivity index (χ0v) is 19.2. The van der Waals surface area contributed by atoms with Crippen molar-refractivity contribution in [1.82, 2.24) is 15.2 Å². The Kier molecular flexibility index (Phi) is 6.86. The molecular formula is C28H26N4O2. The molecule has 0 spiro atoms. The molecule has 0 saturated heterocycles. The summed E-state index contributed by atoms with van der Waals surface area (Å²) >= 11 is 0. The van der Waals surface area contributed by atoms with Crippen LogP contribution in [-0.4, -0.2) is 42.2 Å². The molecule has 4 aromatic rings. The smallest absolute Gasteiger partial charge is 0.253 e. The first-order chi connectivity index (χ1) is 16.5. The maximum atomic E-state index is 13.7. The lowest BCUT2D eigenvalue weighted by atomic mass is 9.96. The first kappa shape index (κ1) is 23.0. The minimum Gasteiger partial charge on any atom is -0.360 e. The Bertz CT molecular complexity index is 1350. The molecular weight excluding hydrogens is 424 g/mol. The highest BCUT2D eigenvalue weighted by Gasteiger charge is 2.24. The third-order valence-corrected chi connectivity index (χ3v) is 5.84. The van der Waals surface area contributed by atoms with Crippen LogP contribution in [0.5, 0.6) is 0 Å². The van der Waals surface area contributed by atoms with Gasteiger partial charge in [0, 0.05) is 48.9 Å². The summed E-state index contributed by atoms with van der Waals surface area (Å²) in [5, 5.41) is 13.2. The first-order valence-corrected chi connectivity index (χ1v) is 11.1. The van der Waals surface area contributed by atoms with Gasteiger partial charge in [-0.3, -0.25) is 9.59 Å². The minimum absolute atomic E-state index is 0.0380. The fraction of sp³-hybridized carbons (Fsp3) is 0.179. The quantitative estimate of drug-likeness (QED) is 0.387. The molecule has 1 heterocycles. The summed E-state index contributed by atoms with van der Waals surface area (Å²) in [4.78, 5) is 30.7. The lowest BCUT2D eigenvalue weighted by Gasteiger charge is -2.18. The van der Waals surface area contributed by atoms with Crippen molar-refractivity contribution in [2.45, 2.75) is 12.5 Å². The first-order valence-electron chi connectivity index (χ1n) is 11.1. The number of ketones is 1. The van der Waals surface area contributed by atoms with E-state index in [1.54, 1.807) is 44.6 Å². The molecule has 3 aromatic carbocycles. The van der Waals surface area contributed by atoms with Crippen molar-refractivity contribution in [3.8, 4) is 6.07 Å². The number of aromatic nitrogens is 1. The van der Waals surface area contributed by atoms with Gasteiger partial charge >= 0.3 is 0 Å². The summed E-state index contributed by atoms with van der Waals surface area (Å²) < 4.78 is 0. The number of carbonyl (C=O) groups excluding carboxylic acids is 2. The summed E-state index contributed by atoms with van der Waals surface area (Å²) in [5.74, 6) is -0.125. The lowest BCUT2D eigenvalue weighted by molar-refractivity contribution is 0.0827. The van der Waals surface area contributed by atoms with Crippen LogP contribution in [0.2, 0.25) is 0 Å². The third-order valence-electron chi connectivity index (χ3n) is 5.84. The third kappa shape index (κ3) is 4.90. The average Bonchev–Trinajstić information content (AvgIpc) is 3.30. The number of H-pyrrole nitrogens is 1. The Labute approximate surface area is 198 Å². The maximum absolute atomic E-state index is 13.7. The molecule has 0 fully saturated rings. The highest BCUT2D eigenvalue weighted by Crippen LogP contribution is 2.26. The van der Waals surface area contributed by atoms with E-state index in [1.165, 1.54) is 4.90 Å². The predicted molar refractivity (Wildman–Crippen MR) is 133 cm³/mol. The van der Waals surface area contributed by atoms with Crippen LogP contribution in [-0.2, 0) is 6.42 Å². The number of nitriles is 1. The molecule has 1 atom stereocenters. The van der Waals surface area contributed by atoms with Crippen LogP contribution < -0.4 is 5.32 Å². The fourth-order valence-corrected chi connectivity index (χ4v) is 3.99. The van der Waals surface area contributed by atoms with E-state index in [4.69, 9.17) is 5.26 Å². The lowest BCUT2D eigenvalue weighted by Crippen LogP contribution is -2.30. The number of hydrogen-bond acceptors (Lipinski definition) is 4. The molecule has 2 N–H and O–H groups in total. The molecule has 34 heavy (non-hydrogen) atoms. The Morgan fingerprint density at radius 3 is 2.44 bits per heavy atom. The van der Waals surface area contributed by atoms with Gasteiger partial charge in [0.1, 0.15) is 0 Å². The van der Waals surface area contributed by atoms with Gasteiger partial charge in [0.15, 0.2) is 5.78 Å². The fourth-order valence-electron chi connectivity index (χ4n) is 3.99. The van der Waals surface area contributed by atoms with Crippen molar-refractivity contribution < 1.29 is 9.59 Å². The molecule has 6 nitrogen and oxygen atoms in total. The molecule has 6 heteroatoms. The van der Waals surface area contributed by atoms with Crippen LogP contribution in [0.4, 0.5) is 0 Å². The number of fused-ring (bicyclic) bond motifs is 1. The highest BCUT2D eigenvalue weighted by atomic mass is 16.2. The zero-order valence-electron chi connectivity index (χ0n) is 19.2. The molecule has 0 aliphatic heterocycles. The molecule has 0 aliphatic carbocycles. The van der Waals surface area contributed by atoms with E-state index < -0.39 is 6.04 Å². The van der Waals surface area contributed by atoms with Gasteiger partial charge in [0.2, 0.25) is 0 Å². The number of Topliss-reactive ketones (excluding diaryl/α,β-unsaturated/α-hetero) is 1. The zero-order chi connectivity index (χ0) is 24.1. The monoisotopic (exact) mass is 450 g/mol. The van der Waals surface area contributed by atoms with Crippen molar-refractivity contribution in [1.29, 1.82) is 5.26 Å². The van der Waals surface area contributed by atoms with E-state index in [-0.39, 0.29) is 11.7 Å². The van der Waals surface area contributed by atoms with E-state index in [9.17, 15) is 9.59 Å². The minimum atomic E-state index is -0.512. The molecule has 1 amide bonds. The van der Waals surface area contributed by atoms with Gasteiger partial charge in [0.05, 0.1) is 17.7 Å². The number of nitrogens with one attached hydrogen (secondary N) is 2. The average molecular weight is 451 g/mol. The number of amides is 1. The number of rotatable bonds is 8. The number of hydrogen-bond donors (Lipinski definition) is 2.